The van der Waals surface area contributed by atoms with Gasteiger partial charge >= 0.3 is 0 Å². The lowest BCUT2D eigenvalue weighted by Gasteiger charge is -2.39. The second kappa shape index (κ2) is 5.37. The molecular weight excluding hydrogens is 247 g/mol. The summed E-state index contributed by atoms with van der Waals surface area (Å²) in [6, 6.07) is 8.24. The van der Waals surface area contributed by atoms with Gasteiger partial charge in [-0.25, -0.2) is 0 Å². The molecule has 0 aromatic rings. The molecule has 0 aromatic carbocycles. The Morgan fingerprint density at radius 1 is 0.857 bits per heavy atom. The van der Waals surface area contributed by atoms with Gasteiger partial charge in [0.1, 0.15) is 0 Å². The standard InChI is InChI=1S/C10H22Cl2Si2/c1-3-5-13(6-4-2)7-9-14(11,12)10-8-13/h3-10H2,1-2H3. The topological polar surface area (TPSA) is 0 Å². The van der Waals surface area contributed by atoms with Crippen LogP contribution in [0, 0.1) is 0 Å². The Balaban J connectivity index is 2.54. The fraction of sp³-hybridized carbons (Fsp3) is 1.00. The zero-order valence-corrected chi connectivity index (χ0v) is 12.9. The van der Waals surface area contributed by atoms with Crippen LogP contribution in [-0.2, 0) is 0 Å². The molecule has 0 atom stereocenters. The Morgan fingerprint density at radius 2 is 1.29 bits per heavy atom. The van der Waals surface area contributed by atoms with Gasteiger partial charge in [-0.15, -0.1) is 22.2 Å². The van der Waals surface area contributed by atoms with Crippen molar-refractivity contribution in [3.63, 3.8) is 0 Å². The Kier molecular flexibility index (Phi) is 5.02. The van der Waals surface area contributed by atoms with Crippen molar-refractivity contribution in [2.24, 2.45) is 0 Å². The second-order valence-electron chi connectivity index (χ2n) is 4.86. The molecule has 4 heteroatoms. The first-order valence-corrected chi connectivity index (χ1v) is 13.2. The second-order valence-corrected chi connectivity index (χ2v) is 17.5. The van der Waals surface area contributed by atoms with Crippen molar-refractivity contribution < 1.29 is 0 Å². The van der Waals surface area contributed by atoms with E-state index in [-0.39, 0.29) is 0 Å². The molecule has 0 unspecified atom stereocenters. The zero-order valence-electron chi connectivity index (χ0n) is 9.41. The van der Waals surface area contributed by atoms with Gasteiger partial charge in [-0.3, -0.25) is 0 Å². The SMILES string of the molecule is CCC[Si]1(CCC)CC[Si](Cl)(Cl)CC1. The number of halogens is 2. The molecule has 1 rings (SSSR count). The summed E-state index contributed by atoms with van der Waals surface area (Å²) in [4.78, 5) is 0. The average molecular weight is 269 g/mol. The van der Waals surface area contributed by atoms with Crippen LogP contribution in [0.4, 0.5) is 0 Å². The Morgan fingerprint density at radius 3 is 1.64 bits per heavy atom. The predicted octanol–water partition coefficient (Wildman–Crippen LogP) is 5.19. The normalized spacial score (nSPS) is 24.9. The van der Waals surface area contributed by atoms with E-state index in [1.807, 2.05) is 0 Å². The van der Waals surface area contributed by atoms with Crippen molar-refractivity contribution in [1.82, 2.24) is 0 Å². The van der Waals surface area contributed by atoms with Gasteiger partial charge in [-0.2, -0.15) is 0 Å². The highest BCUT2D eigenvalue weighted by molar-refractivity contribution is 7.46. The van der Waals surface area contributed by atoms with E-state index in [1.165, 1.54) is 49.1 Å². The van der Waals surface area contributed by atoms with Crippen molar-refractivity contribution in [3.8, 4) is 0 Å². The third-order valence-corrected chi connectivity index (χ3v) is 14.6. The van der Waals surface area contributed by atoms with Gasteiger partial charge in [0.2, 0.25) is 0 Å². The maximum absolute atomic E-state index is 6.33. The van der Waals surface area contributed by atoms with Crippen LogP contribution in [0.3, 0.4) is 0 Å². The molecule has 0 amide bonds. The summed E-state index contributed by atoms with van der Waals surface area (Å²) >= 11 is 12.7. The molecule has 1 aliphatic rings. The lowest BCUT2D eigenvalue weighted by molar-refractivity contribution is 0.928. The number of hydrogen-bond donors (Lipinski definition) is 0. The average Bonchev–Trinajstić information content (AvgIpc) is 2.12. The van der Waals surface area contributed by atoms with Crippen molar-refractivity contribution in [3.05, 3.63) is 0 Å². The first-order valence-electron chi connectivity index (χ1n) is 5.91. The molecule has 0 N–H and O–H groups in total. The third-order valence-electron chi connectivity index (χ3n) is 3.60. The van der Waals surface area contributed by atoms with Gasteiger partial charge in [-0.05, 0) is 12.1 Å². The van der Waals surface area contributed by atoms with E-state index in [9.17, 15) is 0 Å². The first-order chi connectivity index (χ1) is 6.54. The monoisotopic (exact) mass is 268 g/mol. The predicted molar refractivity (Wildman–Crippen MR) is 72.6 cm³/mol. The summed E-state index contributed by atoms with van der Waals surface area (Å²) in [6.07, 6.45) is 2.73. The smallest absolute Gasteiger partial charge is 0.146 e. The molecule has 0 saturated carbocycles. The van der Waals surface area contributed by atoms with Gasteiger partial charge in [0.25, 0.3) is 6.69 Å². The highest BCUT2D eigenvalue weighted by Crippen LogP contribution is 2.44. The molecule has 0 aliphatic carbocycles. The van der Waals surface area contributed by atoms with Gasteiger partial charge in [-0.1, -0.05) is 50.9 Å². The number of rotatable bonds is 4. The van der Waals surface area contributed by atoms with E-state index >= 15 is 0 Å². The van der Waals surface area contributed by atoms with Gasteiger partial charge < -0.3 is 0 Å². The molecule has 0 spiro atoms. The van der Waals surface area contributed by atoms with Crippen molar-refractivity contribution >= 4 is 36.9 Å². The van der Waals surface area contributed by atoms with Crippen LogP contribution in [0.5, 0.6) is 0 Å². The third kappa shape index (κ3) is 3.55. The molecule has 84 valence electrons. The molecule has 1 saturated heterocycles. The van der Waals surface area contributed by atoms with Crippen LogP contribution in [0.1, 0.15) is 26.7 Å². The fourth-order valence-corrected chi connectivity index (χ4v) is 17.3. The molecule has 1 fully saturated rings. The Bertz CT molecular complexity index is 165. The molecule has 0 radical (unpaired) electrons. The first kappa shape index (κ1) is 13.1. The van der Waals surface area contributed by atoms with E-state index < -0.39 is 14.8 Å². The molecule has 0 aromatic heterocycles. The largest absolute Gasteiger partial charge is 0.250 e. The van der Waals surface area contributed by atoms with Crippen LogP contribution in [-0.4, -0.2) is 14.8 Å². The number of hydrogen-bond acceptors (Lipinski definition) is 0. The van der Waals surface area contributed by atoms with Gasteiger partial charge in [0.15, 0.2) is 0 Å². The highest BCUT2D eigenvalue weighted by Gasteiger charge is 2.42. The molecule has 1 heterocycles. The summed E-state index contributed by atoms with van der Waals surface area (Å²) in [5.41, 5.74) is 0. The van der Waals surface area contributed by atoms with E-state index in [0.29, 0.717) is 0 Å². The van der Waals surface area contributed by atoms with E-state index in [1.54, 1.807) is 0 Å². The summed E-state index contributed by atoms with van der Waals surface area (Å²) < 4.78 is 0. The molecule has 1 aliphatic heterocycles. The summed E-state index contributed by atoms with van der Waals surface area (Å²) in [7, 11) is -0.906. The summed E-state index contributed by atoms with van der Waals surface area (Å²) in [6.45, 7) is 2.89. The molecule has 0 bridgehead atoms. The maximum atomic E-state index is 6.33. The minimum Gasteiger partial charge on any atom is -0.146 e. The fourth-order valence-electron chi connectivity index (χ4n) is 2.83. The van der Waals surface area contributed by atoms with E-state index in [0.717, 1.165) is 0 Å². The van der Waals surface area contributed by atoms with Gasteiger partial charge in [0.05, 0.1) is 8.07 Å². The van der Waals surface area contributed by atoms with Crippen LogP contribution in [0.15, 0.2) is 0 Å². The minimum absolute atomic E-state index is 0.906. The summed E-state index contributed by atoms with van der Waals surface area (Å²) in [5.74, 6) is 0. The molecule has 0 nitrogen and oxygen atoms in total. The van der Waals surface area contributed by atoms with Crippen LogP contribution >= 0.6 is 22.2 Å². The van der Waals surface area contributed by atoms with Crippen LogP contribution < -0.4 is 0 Å². The molecular formula is C10H22Cl2Si2. The lowest BCUT2D eigenvalue weighted by atomic mass is 10.6. The quantitative estimate of drug-likeness (QED) is 0.487. The maximum Gasteiger partial charge on any atom is 0.250 e. The minimum atomic E-state index is -1.76. The van der Waals surface area contributed by atoms with Crippen molar-refractivity contribution in [2.45, 2.75) is 63.0 Å². The van der Waals surface area contributed by atoms with E-state index in [4.69, 9.17) is 22.2 Å². The van der Waals surface area contributed by atoms with Gasteiger partial charge in [0, 0.05) is 0 Å². The Labute approximate surface area is 99.8 Å². The Hall–Kier alpha value is 1.01. The summed E-state index contributed by atoms with van der Waals surface area (Å²) in [5, 5.41) is 0. The van der Waals surface area contributed by atoms with Crippen LogP contribution in [0.25, 0.3) is 0 Å². The lowest BCUT2D eigenvalue weighted by Crippen LogP contribution is -2.42. The van der Waals surface area contributed by atoms with Crippen molar-refractivity contribution in [1.29, 1.82) is 0 Å². The van der Waals surface area contributed by atoms with Crippen LogP contribution in [0.2, 0.25) is 36.3 Å². The van der Waals surface area contributed by atoms with E-state index in [2.05, 4.69) is 13.8 Å². The molecule has 14 heavy (non-hydrogen) atoms. The van der Waals surface area contributed by atoms with Crippen molar-refractivity contribution in [2.75, 3.05) is 0 Å². The highest BCUT2D eigenvalue weighted by atomic mass is 35.7. The zero-order chi connectivity index (χ0) is 10.7.